The maximum atomic E-state index is 12.9. The zero-order valence-electron chi connectivity index (χ0n) is 13.2. The van der Waals surface area contributed by atoms with E-state index < -0.39 is 26.4 Å². The van der Waals surface area contributed by atoms with Crippen molar-refractivity contribution in [2.24, 2.45) is 0 Å². The summed E-state index contributed by atoms with van der Waals surface area (Å²) in [5.74, 6) is -0.438. The smallest absolute Gasteiger partial charge is 0.355 e. The van der Waals surface area contributed by atoms with E-state index in [1.807, 2.05) is 0 Å². The number of fused-ring (bicyclic) bond motifs is 1. The van der Waals surface area contributed by atoms with Crippen molar-refractivity contribution >= 4 is 27.4 Å². The molecule has 0 amide bonds. The maximum Gasteiger partial charge on any atom is 0.355 e. The Morgan fingerprint density at radius 2 is 2.00 bits per heavy atom. The van der Waals surface area contributed by atoms with Crippen LogP contribution in [-0.2, 0) is 27.4 Å². The minimum absolute atomic E-state index is 0.269. The number of halogens is 1. The predicted octanol–water partition coefficient (Wildman–Crippen LogP) is 2.74. The number of carbonyl (C=O) groups excluding carboxylic acids is 1. The Hall–Kier alpha value is -1.79. The molecule has 1 N–H and O–H groups in total. The van der Waals surface area contributed by atoms with E-state index >= 15 is 0 Å². The molecule has 0 saturated carbocycles. The third-order valence-electron chi connectivity index (χ3n) is 4.25. The fourth-order valence-electron chi connectivity index (χ4n) is 3.05. The molecule has 24 heavy (non-hydrogen) atoms. The van der Waals surface area contributed by atoms with Gasteiger partial charge in [-0.15, -0.1) is 11.6 Å². The first-order valence-corrected chi connectivity index (χ1v) is 9.72. The molecule has 0 saturated heterocycles. The van der Waals surface area contributed by atoms with E-state index in [0.717, 1.165) is 11.1 Å². The fraction of sp³-hybridized carbons (Fsp3) is 0.353. The van der Waals surface area contributed by atoms with E-state index in [-0.39, 0.29) is 17.9 Å². The van der Waals surface area contributed by atoms with Crippen LogP contribution in [0.5, 0.6) is 0 Å². The molecule has 1 aromatic carbocycles. The van der Waals surface area contributed by atoms with E-state index in [1.54, 1.807) is 43.5 Å². The average molecular weight is 368 g/mol. The number of carbonyl (C=O) groups is 1. The van der Waals surface area contributed by atoms with Gasteiger partial charge in [-0.2, -0.15) is 0 Å². The van der Waals surface area contributed by atoms with Gasteiger partial charge in [0.2, 0.25) is 0 Å². The van der Waals surface area contributed by atoms with Crippen LogP contribution < -0.4 is 0 Å². The quantitative estimate of drug-likeness (QED) is 0.666. The minimum Gasteiger partial charge on any atom is -0.461 e. The van der Waals surface area contributed by atoms with E-state index in [0.29, 0.717) is 12.1 Å². The zero-order chi connectivity index (χ0) is 17.3. The third-order valence-corrected chi connectivity index (χ3v) is 7.08. The number of aromatic amines is 1. The number of hydrogen-bond acceptors (Lipinski definition) is 4. The van der Waals surface area contributed by atoms with Gasteiger partial charge in [-0.1, -0.05) is 18.2 Å². The number of benzene rings is 1. The predicted molar refractivity (Wildman–Crippen MR) is 91.2 cm³/mol. The summed E-state index contributed by atoms with van der Waals surface area (Å²) < 4.78 is 30.7. The summed E-state index contributed by atoms with van der Waals surface area (Å²) in [6, 6.07) is 8.32. The summed E-state index contributed by atoms with van der Waals surface area (Å²) in [5.41, 5.74) is 1.93. The lowest BCUT2D eigenvalue weighted by molar-refractivity contribution is 0.0519. The highest BCUT2D eigenvalue weighted by Gasteiger charge is 2.39. The summed E-state index contributed by atoms with van der Waals surface area (Å²) in [6.45, 7) is 2.02. The lowest BCUT2D eigenvalue weighted by atomic mass is 9.93. The number of ether oxygens (including phenoxy) is 1. The van der Waals surface area contributed by atoms with Crippen LogP contribution in [0.25, 0.3) is 0 Å². The van der Waals surface area contributed by atoms with Crippen molar-refractivity contribution in [1.82, 2.24) is 4.98 Å². The summed E-state index contributed by atoms with van der Waals surface area (Å²) >= 11 is 6.41. The highest BCUT2D eigenvalue weighted by Crippen LogP contribution is 2.34. The number of H-pyrrole nitrogens is 1. The molecule has 1 heterocycles. The van der Waals surface area contributed by atoms with Gasteiger partial charge in [-0.05, 0) is 43.0 Å². The van der Waals surface area contributed by atoms with E-state index in [2.05, 4.69) is 4.98 Å². The Morgan fingerprint density at radius 1 is 1.29 bits per heavy atom. The molecule has 7 heteroatoms. The van der Waals surface area contributed by atoms with Gasteiger partial charge in [0, 0.05) is 6.20 Å². The molecule has 1 aliphatic rings. The first-order chi connectivity index (χ1) is 11.4. The molecule has 2 aromatic rings. The van der Waals surface area contributed by atoms with Crippen LogP contribution in [0.15, 0.2) is 41.4 Å². The number of hydrogen-bond donors (Lipinski definition) is 1. The van der Waals surface area contributed by atoms with Crippen LogP contribution >= 0.6 is 11.6 Å². The van der Waals surface area contributed by atoms with Gasteiger partial charge >= 0.3 is 5.97 Å². The number of rotatable bonds is 4. The van der Waals surface area contributed by atoms with Gasteiger partial charge in [0.1, 0.15) is 5.69 Å². The minimum atomic E-state index is -3.54. The fourth-order valence-corrected chi connectivity index (χ4v) is 5.47. The summed E-state index contributed by atoms with van der Waals surface area (Å²) in [5, 5.41) is -1.33. The van der Waals surface area contributed by atoms with Crippen molar-refractivity contribution < 1.29 is 17.9 Å². The first-order valence-electron chi connectivity index (χ1n) is 7.74. The van der Waals surface area contributed by atoms with Crippen molar-refractivity contribution in [2.75, 3.05) is 6.61 Å². The highest BCUT2D eigenvalue weighted by atomic mass is 35.5. The topological polar surface area (TPSA) is 76.2 Å². The second kappa shape index (κ2) is 6.61. The van der Waals surface area contributed by atoms with Crippen LogP contribution in [0, 0.1) is 0 Å². The molecular weight excluding hydrogens is 350 g/mol. The Labute approximate surface area is 145 Å². The Bertz CT molecular complexity index is 845. The molecule has 2 atom stereocenters. The monoisotopic (exact) mass is 367 g/mol. The lowest BCUT2D eigenvalue weighted by Crippen LogP contribution is -2.38. The Morgan fingerprint density at radius 3 is 2.67 bits per heavy atom. The molecule has 1 aliphatic carbocycles. The molecule has 0 aliphatic heterocycles. The van der Waals surface area contributed by atoms with Crippen molar-refractivity contribution in [3.8, 4) is 0 Å². The maximum absolute atomic E-state index is 12.9. The molecule has 128 valence electrons. The molecule has 0 spiro atoms. The summed E-state index contributed by atoms with van der Waals surface area (Å²) in [4.78, 5) is 15.1. The van der Waals surface area contributed by atoms with Crippen molar-refractivity contribution in [1.29, 1.82) is 0 Å². The standard InChI is InChI=1S/C17H18ClNO4S/c1-2-23-17(20)16-13-9-14(18)15(8-11(13)10-19-16)24(21,22)12-6-4-3-5-7-12/h3-7,10,14-15,19H,2,8-9H2,1H3/t14-,15-/m0/s1. The average Bonchev–Trinajstić information content (AvgIpc) is 2.98. The second-order valence-electron chi connectivity index (χ2n) is 5.71. The normalized spacial score (nSPS) is 20.4. The van der Waals surface area contributed by atoms with Gasteiger partial charge < -0.3 is 9.72 Å². The van der Waals surface area contributed by atoms with Gasteiger partial charge in [-0.25, -0.2) is 13.2 Å². The largest absolute Gasteiger partial charge is 0.461 e. The van der Waals surface area contributed by atoms with Gasteiger partial charge in [0.15, 0.2) is 9.84 Å². The number of esters is 1. The molecule has 0 radical (unpaired) electrons. The molecule has 0 bridgehead atoms. The highest BCUT2D eigenvalue weighted by molar-refractivity contribution is 7.92. The first kappa shape index (κ1) is 17.0. The molecule has 5 nitrogen and oxygen atoms in total. The van der Waals surface area contributed by atoms with Crippen molar-refractivity contribution in [2.45, 2.75) is 35.3 Å². The number of nitrogens with one attached hydrogen (secondary N) is 1. The van der Waals surface area contributed by atoms with Crippen LogP contribution in [-0.4, -0.2) is 36.6 Å². The Balaban J connectivity index is 1.93. The second-order valence-corrected chi connectivity index (χ2v) is 8.44. The van der Waals surface area contributed by atoms with Gasteiger partial charge in [0.05, 0.1) is 22.1 Å². The van der Waals surface area contributed by atoms with E-state index in [9.17, 15) is 13.2 Å². The SMILES string of the molecule is CCOC(=O)c1[nH]cc2c1C[C@H](Cl)[C@@H](S(=O)(=O)c1ccccc1)C2. The molecular formula is C17H18ClNO4S. The van der Waals surface area contributed by atoms with Gasteiger partial charge in [-0.3, -0.25) is 0 Å². The molecule has 1 aromatic heterocycles. The van der Waals surface area contributed by atoms with Crippen LogP contribution in [0.2, 0.25) is 0 Å². The lowest BCUT2D eigenvalue weighted by Gasteiger charge is -2.27. The number of alkyl halides is 1. The van der Waals surface area contributed by atoms with E-state index in [1.165, 1.54) is 0 Å². The van der Waals surface area contributed by atoms with Gasteiger partial charge in [0.25, 0.3) is 0 Å². The van der Waals surface area contributed by atoms with Crippen LogP contribution in [0.1, 0.15) is 28.5 Å². The number of sulfone groups is 1. The third kappa shape index (κ3) is 2.96. The van der Waals surface area contributed by atoms with E-state index in [4.69, 9.17) is 16.3 Å². The zero-order valence-corrected chi connectivity index (χ0v) is 14.7. The molecule has 3 rings (SSSR count). The summed E-state index contributed by atoms with van der Waals surface area (Å²) in [6.07, 6.45) is 2.26. The Kier molecular flexibility index (Phi) is 4.69. The van der Waals surface area contributed by atoms with Crippen LogP contribution in [0.4, 0.5) is 0 Å². The van der Waals surface area contributed by atoms with Crippen molar-refractivity contribution in [3.63, 3.8) is 0 Å². The molecule has 0 fully saturated rings. The van der Waals surface area contributed by atoms with Crippen LogP contribution in [0.3, 0.4) is 0 Å². The van der Waals surface area contributed by atoms with Crippen molar-refractivity contribution in [3.05, 3.63) is 53.3 Å². The summed E-state index contributed by atoms with van der Waals surface area (Å²) in [7, 11) is -3.54. The number of aromatic nitrogens is 1. The molecule has 0 unspecified atom stereocenters.